The summed E-state index contributed by atoms with van der Waals surface area (Å²) < 4.78 is 13.4. The zero-order chi connectivity index (χ0) is 18.4. The van der Waals surface area contributed by atoms with E-state index in [4.69, 9.17) is 0 Å². The van der Waals surface area contributed by atoms with E-state index in [1.54, 1.807) is 17.4 Å². The van der Waals surface area contributed by atoms with Crippen LogP contribution in [0.5, 0.6) is 5.75 Å². The molecule has 0 atom stereocenters. The van der Waals surface area contributed by atoms with Gasteiger partial charge in [0.2, 0.25) is 0 Å². The van der Waals surface area contributed by atoms with Crippen LogP contribution in [0.2, 0.25) is 0 Å². The van der Waals surface area contributed by atoms with E-state index in [9.17, 15) is 9.50 Å². The lowest BCUT2D eigenvalue weighted by atomic mass is 10.1. The number of thiophene rings is 1. The molecule has 0 saturated carbocycles. The van der Waals surface area contributed by atoms with Gasteiger partial charge < -0.3 is 20.6 Å². The highest BCUT2D eigenvalue weighted by Crippen LogP contribution is 2.24. The highest BCUT2D eigenvalue weighted by atomic mass is 127. The van der Waals surface area contributed by atoms with Crippen molar-refractivity contribution < 1.29 is 9.50 Å². The van der Waals surface area contributed by atoms with Gasteiger partial charge in [0.15, 0.2) is 17.5 Å². The molecule has 0 spiro atoms. The number of anilines is 1. The van der Waals surface area contributed by atoms with Gasteiger partial charge in [-0.1, -0.05) is 6.07 Å². The number of hydrogen-bond donors (Lipinski definition) is 3. The van der Waals surface area contributed by atoms with E-state index < -0.39 is 5.82 Å². The molecule has 1 fully saturated rings. The van der Waals surface area contributed by atoms with Crippen molar-refractivity contribution in [3.63, 3.8) is 0 Å². The van der Waals surface area contributed by atoms with Crippen molar-refractivity contribution in [2.45, 2.75) is 32.4 Å². The van der Waals surface area contributed by atoms with Crippen LogP contribution in [0.25, 0.3) is 0 Å². The van der Waals surface area contributed by atoms with Gasteiger partial charge in [0.05, 0.1) is 11.5 Å². The third-order valence-corrected chi connectivity index (χ3v) is 5.36. The van der Waals surface area contributed by atoms with E-state index in [0.717, 1.165) is 44.0 Å². The standard InChI is InChI=1S/C19H25FN4OS.HI/c1-2-21-19(22-13-14-5-6-17(25)16(20)12-14)23-15-7-9-24(10-8-15)18-4-3-11-26-18;/h3-6,11-12,15,25H,2,7-10,13H2,1H3,(H2,21,22,23);1H. The molecule has 5 nitrogen and oxygen atoms in total. The molecule has 1 aliphatic rings. The molecule has 27 heavy (non-hydrogen) atoms. The number of rotatable bonds is 5. The second-order valence-electron chi connectivity index (χ2n) is 6.34. The summed E-state index contributed by atoms with van der Waals surface area (Å²) in [4.78, 5) is 6.97. The number of piperidine rings is 1. The lowest BCUT2D eigenvalue weighted by Crippen LogP contribution is -2.48. The van der Waals surface area contributed by atoms with Crippen molar-refractivity contribution in [2.24, 2.45) is 4.99 Å². The number of nitrogens with one attached hydrogen (secondary N) is 2. The molecule has 148 valence electrons. The second kappa shape index (κ2) is 10.7. The molecule has 1 aromatic heterocycles. The summed E-state index contributed by atoms with van der Waals surface area (Å²) in [5.41, 5.74) is 0.727. The van der Waals surface area contributed by atoms with Crippen molar-refractivity contribution in [1.82, 2.24) is 10.6 Å². The third kappa shape index (κ3) is 6.24. The van der Waals surface area contributed by atoms with Gasteiger partial charge in [-0.15, -0.1) is 35.3 Å². The predicted molar refractivity (Wildman–Crippen MR) is 121 cm³/mol. The van der Waals surface area contributed by atoms with E-state index >= 15 is 0 Å². The Balaban J connectivity index is 0.00000261. The van der Waals surface area contributed by atoms with Crippen LogP contribution >= 0.6 is 35.3 Å². The molecular formula is C19H26FIN4OS. The fraction of sp³-hybridized carbons (Fsp3) is 0.421. The van der Waals surface area contributed by atoms with E-state index in [0.29, 0.717) is 12.6 Å². The van der Waals surface area contributed by atoms with Crippen molar-refractivity contribution in [1.29, 1.82) is 0 Å². The monoisotopic (exact) mass is 504 g/mol. The van der Waals surface area contributed by atoms with Crippen LogP contribution in [0.15, 0.2) is 40.7 Å². The molecule has 1 aliphatic heterocycles. The van der Waals surface area contributed by atoms with E-state index in [1.165, 1.54) is 17.1 Å². The average Bonchev–Trinajstić information content (AvgIpc) is 3.18. The summed E-state index contributed by atoms with van der Waals surface area (Å²) in [6.07, 6.45) is 2.10. The summed E-state index contributed by atoms with van der Waals surface area (Å²) in [6, 6.07) is 9.00. The summed E-state index contributed by atoms with van der Waals surface area (Å²) >= 11 is 1.78. The number of phenols is 1. The molecule has 0 aliphatic carbocycles. The van der Waals surface area contributed by atoms with Gasteiger partial charge in [-0.05, 0) is 55.0 Å². The van der Waals surface area contributed by atoms with Gasteiger partial charge in [0.1, 0.15) is 0 Å². The Bertz CT molecular complexity index is 733. The van der Waals surface area contributed by atoms with Crippen LogP contribution in [-0.4, -0.2) is 36.7 Å². The van der Waals surface area contributed by atoms with E-state index in [1.807, 2.05) is 6.92 Å². The zero-order valence-electron chi connectivity index (χ0n) is 15.3. The smallest absolute Gasteiger partial charge is 0.191 e. The first-order valence-electron chi connectivity index (χ1n) is 8.96. The topological polar surface area (TPSA) is 59.9 Å². The molecular weight excluding hydrogens is 478 g/mol. The minimum absolute atomic E-state index is 0. The molecule has 0 bridgehead atoms. The van der Waals surface area contributed by atoms with E-state index in [2.05, 4.69) is 38.0 Å². The van der Waals surface area contributed by atoms with Crippen LogP contribution in [0.4, 0.5) is 9.39 Å². The first-order chi connectivity index (χ1) is 12.7. The van der Waals surface area contributed by atoms with Gasteiger partial charge >= 0.3 is 0 Å². The van der Waals surface area contributed by atoms with E-state index in [-0.39, 0.29) is 29.7 Å². The number of benzene rings is 1. The lowest BCUT2D eigenvalue weighted by Gasteiger charge is -2.33. The SMILES string of the molecule is CCNC(=NCc1ccc(O)c(F)c1)NC1CCN(c2cccs2)CC1.I. The highest BCUT2D eigenvalue weighted by molar-refractivity contribution is 14.0. The minimum Gasteiger partial charge on any atom is -0.505 e. The molecule has 0 unspecified atom stereocenters. The second-order valence-corrected chi connectivity index (χ2v) is 7.26. The van der Waals surface area contributed by atoms with Crippen LogP contribution in [0.3, 0.4) is 0 Å². The Morgan fingerprint density at radius 1 is 1.33 bits per heavy atom. The van der Waals surface area contributed by atoms with Crippen LogP contribution in [0.1, 0.15) is 25.3 Å². The van der Waals surface area contributed by atoms with Gasteiger partial charge in [-0.2, -0.15) is 0 Å². The van der Waals surface area contributed by atoms with Gasteiger partial charge in [0.25, 0.3) is 0 Å². The predicted octanol–water partition coefficient (Wildman–Crippen LogP) is 3.93. The van der Waals surface area contributed by atoms with Crippen molar-refractivity contribution in [3.05, 3.63) is 47.1 Å². The first kappa shape index (κ1) is 21.7. The molecule has 0 amide bonds. The quantitative estimate of drug-likeness (QED) is 0.328. The maximum Gasteiger partial charge on any atom is 0.191 e. The maximum atomic E-state index is 13.4. The molecule has 1 saturated heterocycles. The Hall–Kier alpha value is -1.55. The number of aromatic hydroxyl groups is 1. The van der Waals surface area contributed by atoms with Gasteiger partial charge in [0, 0.05) is 25.7 Å². The molecule has 3 N–H and O–H groups in total. The minimum atomic E-state index is -0.614. The summed E-state index contributed by atoms with van der Waals surface area (Å²) in [6.45, 7) is 5.21. The lowest BCUT2D eigenvalue weighted by molar-refractivity contribution is 0.432. The number of aliphatic imine (C=N–C) groups is 1. The number of guanidine groups is 1. The zero-order valence-corrected chi connectivity index (χ0v) is 18.5. The molecule has 0 radical (unpaired) electrons. The Morgan fingerprint density at radius 2 is 2.11 bits per heavy atom. The average molecular weight is 504 g/mol. The summed E-state index contributed by atoms with van der Waals surface area (Å²) in [7, 11) is 0. The molecule has 2 heterocycles. The third-order valence-electron chi connectivity index (χ3n) is 4.43. The van der Waals surface area contributed by atoms with Crippen molar-refractivity contribution >= 4 is 46.3 Å². The fourth-order valence-electron chi connectivity index (χ4n) is 3.03. The van der Waals surface area contributed by atoms with Crippen LogP contribution in [-0.2, 0) is 6.54 Å². The van der Waals surface area contributed by atoms with Gasteiger partial charge in [-0.3, -0.25) is 0 Å². The van der Waals surface area contributed by atoms with Gasteiger partial charge in [-0.25, -0.2) is 9.38 Å². The fourth-order valence-corrected chi connectivity index (χ4v) is 3.81. The number of phenolic OH excluding ortho intramolecular Hbond substituents is 1. The number of hydrogen-bond acceptors (Lipinski definition) is 4. The molecule has 3 rings (SSSR count). The summed E-state index contributed by atoms with van der Waals surface area (Å²) in [5, 5.41) is 19.5. The Kier molecular flexibility index (Phi) is 8.62. The largest absolute Gasteiger partial charge is 0.505 e. The number of nitrogens with zero attached hydrogens (tertiary/aromatic N) is 2. The molecule has 2 aromatic rings. The normalized spacial score (nSPS) is 15.3. The molecule has 1 aromatic carbocycles. The maximum absolute atomic E-state index is 13.4. The Labute approximate surface area is 180 Å². The molecule has 8 heteroatoms. The first-order valence-corrected chi connectivity index (χ1v) is 9.84. The Morgan fingerprint density at radius 3 is 2.74 bits per heavy atom. The van der Waals surface area contributed by atoms with Crippen LogP contribution < -0.4 is 15.5 Å². The van der Waals surface area contributed by atoms with Crippen molar-refractivity contribution in [3.8, 4) is 5.75 Å². The highest BCUT2D eigenvalue weighted by Gasteiger charge is 2.20. The summed E-state index contributed by atoms with van der Waals surface area (Å²) in [5.74, 6) is -0.201. The van der Waals surface area contributed by atoms with Crippen molar-refractivity contribution in [2.75, 3.05) is 24.5 Å². The number of halogens is 2. The van der Waals surface area contributed by atoms with Crippen LogP contribution in [0, 0.1) is 5.82 Å².